The molecule has 0 atom stereocenters. The Hall–Kier alpha value is -2.69. The van der Waals surface area contributed by atoms with E-state index in [-0.39, 0.29) is 0 Å². The van der Waals surface area contributed by atoms with E-state index in [0.29, 0.717) is 54.7 Å². The molecule has 1 aliphatic rings. The van der Waals surface area contributed by atoms with E-state index < -0.39 is 11.4 Å². The number of halogens is 2. The first kappa shape index (κ1) is 22.5. The molecule has 1 aliphatic carbocycles. The summed E-state index contributed by atoms with van der Waals surface area (Å²) in [7, 11) is 0. The predicted octanol–water partition coefficient (Wildman–Crippen LogP) is 6.92. The maximum Gasteiger partial charge on any atom is 0.309 e. The number of hydrogen-bond donors (Lipinski definition) is 1. The van der Waals surface area contributed by atoms with Gasteiger partial charge < -0.3 is 14.6 Å². The lowest BCUT2D eigenvalue weighted by molar-refractivity contribution is -0.143. The Labute approximate surface area is 197 Å². The van der Waals surface area contributed by atoms with Gasteiger partial charge >= 0.3 is 5.97 Å². The average Bonchev–Trinajstić information content (AvgIpc) is 3.57. The van der Waals surface area contributed by atoms with Gasteiger partial charge in [-0.2, -0.15) is 0 Å². The van der Waals surface area contributed by atoms with Crippen LogP contribution < -0.4 is 9.47 Å². The quantitative estimate of drug-likeness (QED) is 0.326. The lowest BCUT2D eigenvalue weighted by atomic mass is 9.96. The second kappa shape index (κ2) is 9.85. The average molecular weight is 471 g/mol. The number of benzene rings is 3. The van der Waals surface area contributed by atoms with Gasteiger partial charge in [0.15, 0.2) is 5.75 Å². The Balaban J connectivity index is 1.24. The fourth-order valence-electron chi connectivity index (χ4n) is 3.66. The van der Waals surface area contributed by atoms with E-state index >= 15 is 0 Å². The van der Waals surface area contributed by atoms with Crippen LogP contribution in [0.5, 0.6) is 11.5 Å². The summed E-state index contributed by atoms with van der Waals surface area (Å²) in [5.74, 6) is 0.460. The zero-order valence-corrected chi connectivity index (χ0v) is 19.0. The highest BCUT2D eigenvalue weighted by Crippen LogP contribution is 2.49. The first-order valence-electron chi connectivity index (χ1n) is 10.6. The molecule has 6 heteroatoms. The smallest absolute Gasteiger partial charge is 0.309 e. The van der Waals surface area contributed by atoms with Gasteiger partial charge in [0.05, 0.1) is 28.7 Å². The third-order valence-corrected chi connectivity index (χ3v) is 6.23. The molecule has 0 unspecified atom stereocenters. The van der Waals surface area contributed by atoms with E-state index in [1.165, 1.54) is 5.56 Å². The van der Waals surface area contributed by atoms with E-state index in [9.17, 15) is 9.90 Å². The molecule has 1 N–H and O–H groups in total. The number of rotatable bonds is 10. The van der Waals surface area contributed by atoms with Gasteiger partial charge in [-0.3, -0.25) is 4.79 Å². The van der Waals surface area contributed by atoms with Crippen LogP contribution in [0.4, 0.5) is 0 Å². The van der Waals surface area contributed by atoms with E-state index in [2.05, 4.69) is 12.1 Å². The number of carboxylic acid groups (broad SMARTS) is 1. The summed E-state index contributed by atoms with van der Waals surface area (Å²) >= 11 is 12.7. The molecule has 3 aromatic carbocycles. The topological polar surface area (TPSA) is 55.8 Å². The van der Waals surface area contributed by atoms with Crippen molar-refractivity contribution in [2.45, 2.75) is 25.7 Å². The Bertz CT molecular complexity index is 1050. The monoisotopic (exact) mass is 470 g/mol. The molecule has 1 fully saturated rings. The van der Waals surface area contributed by atoms with Crippen molar-refractivity contribution in [1.29, 1.82) is 0 Å². The van der Waals surface area contributed by atoms with Crippen LogP contribution in [-0.4, -0.2) is 24.3 Å². The highest BCUT2D eigenvalue weighted by Gasteiger charge is 2.50. The maximum atomic E-state index is 11.4. The fourth-order valence-corrected chi connectivity index (χ4v) is 4.30. The molecule has 1 saturated carbocycles. The van der Waals surface area contributed by atoms with Gasteiger partial charge in [-0.1, -0.05) is 65.7 Å². The van der Waals surface area contributed by atoms with Gasteiger partial charge in [0.2, 0.25) is 0 Å². The minimum atomic E-state index is -0.764. The molecule has 166 valence electrons. The highest BCUT2D eigenvalue weighted by atomic mass is 35.5. The largest absolute Gasteiger partial charge is 0.493 e. The van der Waals surface area contributed by atoms with Crippen molar-refractivity contribution >= 4 is 29.2 Å². The van der Waals surface area contributed by atoms with Crippen LogP contribution in [0.1, 0.15) is 24.8 Å². The third kappa shape index (κ3) is 5.37. The minimum Gasteiger partial charge on any atom is -0.493 e. The standard InChI is InChI=1S/C26H24Cl2O4/c27-22-15-18(17-26(11-12-26)25(29)30)16-23(28)24(22)32-14-4-13-31-21-9-7-20(8-10-21)19-5-2-1-3-6-19/h1-3,5-10,15-16H,4,11-14,17H2,(H,29,30). The van der Waals surface area contributed by atoms with Crippen LogP contribution in [-0.2, 0) is 11.2 Å². The van der Waals surface area contributed by atoms with Crippen molar-refractivity contribution in [1.82, 2.24) is 0 Å². The van der Waals surface area contributed by atoms with E-state index in [1.807, 2.05) is 42.5 Å². The Kier molecular flexibility index (Phi) is 6.92. The van der Waals surface area contributed by atoms with Crippen molar-refractivity contribution < 1.29 is 19.4 Å². The van der Waals surface area contributed by atoms with Crippen LogP contribution >= 0.6 is 23.2 Å². The molecule has 3 aromatic rings. The first-order valence-corrected chi connectivity index (χ1v) is 11.3. The summed E-state index contributed by atoms with van der Waals surface area (Å²) < 4.78 is 11.6. The van der Waals surface area contributed by atoms with Gasteiger partial charge in [-0.05, 0) is 60.2 Å². The van der Waals surface area contributed by atoms with Crippen molar-refractivity contribution in [2.24, 2.45) is 5.41 Å². The molecule has 32 heavy (non-hydrogen) atoms. The Morgan fingerprint density at radius 1 is 0.875 bits per heavy atom. The summed E-state index contributed by atoms with van der Waals surface area (Å²) in [4.78, 5) is 11.4. The molecule has 0 spiro atoms. The molecule has 0 aliphatic heterocycles. The maximum absolute atomic E-state index is 11.4. The van der Waals surface area contributed by atoms with E-state index in [1.54, 1.807) is 12.1 Å². The van der Waals surface area contributed by atoms with Gasteiger partial charge in [-0.25, -0.2) is 0 Å². The van der Waals surface area contributed by atoms with Crippen molar-refractivity contribution in [3.63, 3.8) is 0 Å². The number of carbonyl (C=O) groups is 1. The highest BCUT2D eigenvalue weighted by molar-refractivity contribution is 6.37. The third-order valence-electron chi connectivity index (χ3n) is 5.67. The van der Waals surface area contributed by atoms with Gasteiger partial charge in [-0.15, -0.1) is 0 Å². The molecule has 0 amide bonds. The predicted molar refractivity (Wildman–Crippen MR) is 127 cm³/mol. The van der Waals surface area contributed by atoms with Crippen molar-refractivity contribution in [2.75, 3.05) is 13.2 Å². The minimum absolute atomic E-state index is 0.395. The lowest BCUT2D eigenvalue weighted by Gasteiger charge is -2.14. The second-order valence-electron chi connectivity index (χ2n) is 8.09. The first-order chi connectivity index (χ1) is 15.5. The van der Waals surface area contributed by atoms with Crippen molar-refractivity contribution in [3.8, 4) is 22.6 Å². The van der Waals surface area contributed by atoms with E-state index in [0.717, 1.165) is 16.9 Å². The summed E-state index contributed by atoms with van der Waals surface area (Å²) in [5.41, 5.74) is 2.47. The summed E-state index contributed by atoms with van der Waals surface area (Å²) in [6, 6.07) is 21.7. The molecule has 0 saturated heterocycles. The van der Waals surface area contributed by atoms with Gasteiger partial charge in [0.25, 0.3) is 0 Å². The zero-order valence-electron chi connectivity index (χ0n) is 17.5. The second-order valence-corrected chi connectivity index (χ2v) is 8.91. The normalized spacial score (nSPS) is 14.1. The summed E-state index contributed by atoms with van der Waals surface area (Å²) in [5, 5.41) is 10.2. The SMILES string of the molecule is O=C(O)C1(Cc2cc(Cl)c(OCCCOc3ccc(-c4ccccc4)cc3)c(Cl)c2)CC1. The van der Waals surface area contributed by atoms with E-state index in [4.69, 9.17) is 32.7 Å². The number of carboxylic acids is 1. The Morgan fingerprint density at radius 2 is 1.47 bits per heavy atom. The molecule has 0 aromatic heterocycles. The molecule has 0 heterocycles. The van der Waals surface area contributed by atoms with Gasteiger partial charge in [0, 0.05) is 6.42 Å². The number of ether oxygens (including phenoxy) is 2. The van der Waals surface area contributed by atoms with Crippen LogP contribution in [0.3, 0.4) is 0 Å². The molecule has 4 nitrogen and oxygen atoms in total. The summed E-state index contributed by atoms with van der Waals surface area (Å²) in [6.07, 6.45) is 2.46. The van der Waals surface area contributed by atoms with Crippen LogP contribution in [0.15, 0.2) is 66.7 Å². The molecular formula is C26H24Cl2O4. The number of aliphatic carboxylic acids is 1. The summed E-state index contributed by atoms with van der Waals surface area (Å²) in [6.45, 7) is 0.902. The van der Waals surface area contributed by atoms with Crippen molar-refractivity contribution in [3.05, 3.63) is 82.3 Å². The van der Waals surface area contributed by atoms with Crippen LogP contribution in [0.25, 0.3) is 11.1 Å². The zero-order chi connectivity index (χ0) is 22.6. The molecule has 4 rings (SSSR count). The van der Waals surface area contributed by atoms with Crippen LogP contribution in [0.2, 0.25) is 10.0 Å². The fraction of sp³-hybridized carbons (Fsp3) is 0.269. The van der Waals surface area contributed by atoms with Gasteiger partial charge in [0.1, 0.15) is 5.75 Å². The molecular weight excluding hydrogens is 447 g/mol. The molecule has 0 radical (unpaired) electrons. The Morgan fingerprint density at radius 3 is 2.06 bits per heavy atom. The van der Waals surface area contributed by atoms with Crippen LogP contribution in [0, 0.1) is 5.41 Å². The number of hydrogen-bond acceptors (Lipinski definition) is 3. The lowest BCUT2D eigenvalue weighted by Crippen LogP contribution is -2.17. The molecule has 0 bridgehead atoms.